The predicted octanol–water partition coefficient (Wildman–Crippen LogP) is 3.49. The Morgan fingerprint density at radius 2 is 1.92 bits per heavy atom. The minimum absolute atomic E-state index is 0.147. The van der Waals surface area contributed by atoms with Gasteiger partial charge in [0.25, 0.3) is 10.0 Å². The molecule has 4 rings (SSSR count). The van der Waals surface area contributed by atoms with E-state index in [0.29, 0.717) is 17.8 Å². The van der Waals surface area contributed by atoms with Crippen LogP contribution in [0.25, 0.3) is 0 Å². The van der Waals surface area contributed by atoms with E-state index in [1.165, 1.54) is 0 Å². The topological polar surface area (TPSA) is 66.5 Å². The molecular weight excluding hydrogens is 348 g/mol. The number of rotatable bonds is 4. The molecule has 1 amide bonds. The number of benzene rings is 2. The van der Waals surface area contributed by atoms with E-state index in [1.54, 1.807) is 37.3 Å². The lowest BCUT2D eigenvalue weighted by Gasteiger charge is -2.30. The van der Waals surface area contributed by atoms with Gasteiger partial charge in [-0.3, -0.25) is 9.52 Å². The highest BCUT2D eigenvalue weighted by atomic mass is 32.2. The minimum atomic E-state index is -3.67. The summed E-state index contributed by atoms with van der Waals surface area (Å²) in [7, 11) is -3.67. The standard InChI is InChI=1S/C20H22N2O3S/c1-14-5-2-3-7-19(14)26(24,25)21-17-11-10-15-6-4-12-22(18(15)13-17)20(23)16-8-9-16/h2-3,5,7,10-11,13,16,21H,4,6,8-9,12H2,1H3. The quantitative estimate of drug-likeness (QED) is 0.896. The maximum atomic E-state index is 12.7. The van der Waals surface area contributed by atoms with E-state index in [2.05, 4.69) is 4.72 Å². The molecule has 0 spiro atoms. The van der Waals surface area contributed by atoms with Gasteiger partial charge in [-0.25, -0.2) is 8.42 Å². The zero-order chi connectivity index (χ0) is 18.3. The number of sulfonamides is 1. The lowest BCUT2D eigenvalue weighted by molar-refractivity contribution is -0.119. The molecule has 1 fully saturated rings. The molecule has 136 valence electrons. The van der Waals surface area contributed by atoms with Gasteiger partial charge in [-0.05, 0) is 61.9 Å². The number of hydrogen-bond acceptors (Lipinski definition) is 3. The number of nitrogens with zero attached hydrogens (tertiary/aromatic N) is 1. The third-order valence-electron chi connectivity index (χ3n) is 5.03. The summed E-state index contributed by atoms with van der Waals surface area (Å²) in [6.07, 6.45) is 3.78. The Morgan fingerprint density at radius 1 is 1.15 bits per heavy atom. The maximum Gasteiger partial charge on any atom is 0.262 e. The fraction of sp³-hybridized carbons (Fsp3) is 0.350. The van der Waals surface area contributed by atoms with E-state index in [0.717, 1.165) is 36.9 Å². The molecule has 2 aliphatic rings. The molecule has 5 nitrogen and oxygen atoms in total. The normalized spacial score (nSPS) is 16.9. The van der Waals surface area contributed by atoms with Crippen LogP contribution in [0.4, 0.5) is 11.4 Å². The molecule has 0 aromatic heterocycles. The van der Waals surface area contributed by atoms with Crippen molar-refractivity contribution in [3.05, 3.63) is 53.6 Å². The van der Waals surface area contributed by atoms with Gasteiger partial charge in [0.2, 0.25) is 5.91 Å². The van der Waals surface area contributed by atoms with Gasteiger partial charge in [0, 0.05) is 18.2 Å². The van der Waals surface area contributed by atoms with Crippen LogP contribution in [0.3, 0.4) is 0 Å². The van der Waals surface area contributed by atoms with Gasteiger partial charge in [0.05, 0.1) is 10.6 Å². The van der Waals surface area contributed by atoms with Gasteiger partial charge in [0.15, 0.2) is 0 Å². The monoisotopic (exact) mass is 370 g/mol. The summed E-state index contributed by atoms with van der Waals surface area (Å²) in [5.74, 6) is 0.318. The van der Waals surface area contributed by atoms with Gasteiger partial charge in [0.1, 0.15) is 0 Å². The Balaban J connectivity index is 1.65. The number of nitrogens with one attached hydrogen (secondary N) is 1. The van der Waals surface area contributed by atoms with Crippen molar-refractivity contribution in [3.63, 3.8) is 0 Å². The zero-order valence-corrected chi connectivity index (χ0v) is 15.6. The third-order valence-corrected chi connectivity index (χ3v) is 6.57. The van der Waals surface area contributed by atoms with Gasteiger partial charge in [-0.15, -0.1) is 0 Å². The van der Waals surface area contributed by atoms with Crippen LogP contribution in [0.1, 0.15) is 30.4 Å². The number of aryl methyl sites for hydroxylation is 2. The first-order valence-corrected chi connectivity index (χ1v) is 10.5. The zero-order valence-electron chi connectivity index (χ0n) is 14.7. The second kappa shape index (κ2) is 6.43. The molecule has 1 heterocycles. The molecule has 0 radical (unpaired) electrons. The molecule has 26 heavy (non-hydrogen) atoms. The summed E-state index contributed by atoms with van der Waals surface area (Å²) >= 11 is 0. The maximum absolute atomic E-state index is 12.7. The molecule has 0 saturated heterocycles. The van der Waals surface area contributed by atoms with E-state index >= 15 is 0 Å². The van der Waals surface area contributed by atoms with E-state index in [1.807, 2.05) is 17.0 Å². The number of anilines is 2. The SMILES string of the molecule is Cc1ccccc1S(=O)(=O)Nc1ccc2c(c1)N(C(=O)C1CC1)CCC2. The van der Waals surface area contributed by atoms with Crippen LogP contribution < -0.4 is 9.62 Å². The lowest BCUT2D eigenvalue weighted by atomic mass is 10.0. The summed E-state index contributed by atoms with van der Waals surface area (Å²) in [6, 6.07) is 12.4. The van der Waals surface area contributed by atoms with Gasteiger partial charge in [-0.1, -0.05) is 24.3 Å². The van der Waals surface area contributed by atoms with E-state index < -0.39 is 10.0 Å². The Morgan fingerprint density at radius 3 is 2.65 bits per heavy atom. The summed E-state index contributed by atoms with van der Waals surface area (Å²) < 4.78 is 28.1. The Kier molecular flexibility index (Phi) is 4.23. The first kappa shape index (κ1) is 17.1. The van der Waals surface area contributed by atoms with Gasteiger partial charge < -0.3 is 4.90 Å². The largest absolute Gasteiger partial charge is 0.312 e. The smallest absolute Gasteiger partial charge is 0.262 e. The molecule has 1 saturated carbocycles. The first-order valence-electron chi connectivity index (χ1n) is 8.98. The second-order valence-electron chi connectivity index (χ2n) is 7.08. The molecule has 1 aliphatic carbocycles. The summed E-state index contributed by atoms with van der Waals surface area (Å²) in [4.78, 5) is 14.7. The molecule has 1 aliphatic heterocycles. The van der Waals surface area contributed by atoms with E-state index in [4.69, 9.17) is 0 Å². The summed E-state index contributed by atoms with van der Waals surface area (Å²) in [5.41, 5.74) is 3.13. The van der Waals surface area contributed by atoms with Crippen molar-refractivity contribution in [2.45, 2.75) is 37.5 Å². The van der Waals surface area contributed by atoms with Crippen LogP contribution in [-0.2, 0) is 21.2 Å². The highest BCUT2D eigenvalue weighted by Crippen LogP contribution is 2.37. The number of carbonyl (C=O) groups excluding carboxylic acids is 1. The fourth-order valence-corrected chi connectivity index (χ4v) is 4.78. The van der Waals surface area contributed by atoms with Crippen molar-refractivity contribution in [2.24, 2.45) is 5.92 Å². The molecule has 0 bridgehead atoms. The average Bonchev–Trinajstić information content (AvgIpc) is 3.45. The summed E-state index contributed by atoms with van der Waals surface area (Å²) in [5, 5.41) is 0. The highest BCUT2D eigenvalue weighted by Gasteiger charge is 2.35. The number of hydrogen-bond donors (Lipinski definition) is 1. The van der Waals surface area contributed by atoms with Crippen LogP contribution >= 0.6 is 0 Å². The molecule has 2 aromatic rings. The van der Waals surface area contributed by atoms with Crippen LogP contribution in [-0.4, -0.2) is 20.9 Å². The number of fused-ring (bicyclic) bond motifs is 1. The van der Waals surface area contributed by atoms with Crippen molar-refractivity contribution in [1.82, 2.24) is 0 Å². The highest BCUT2D eigenvalue weighted by molar-refractivity contribution is 7.92. The van der Waals surface area contributed by atoms with Crippen LogP contribution in [0.15, 0.2) is 47.4 Å². The Hall–Kier alpha value is -2.34. The van der Waals surface area contributed by atoms with E-state index in [9.17, 15) is 13.2 Å². The van der Waals surface area contributed by atoms with Crippen molar-refractivity contribution >= 4 is 27.3 Å². The lowest BCUT2D eigenvalue weighted by Crippen LogP contribution is -2.36. The molecular formula is C20H22N2O3S. The second-order valence-corrected chi connectivity index (χ2v) is 8.73. The third kappa shape index (κ3) is 3.21. The van der Waals surface area contributed by atoms with Crippen LogP contribution in [0.2, 0.25) is 0 Å². The van der Waals surface area contributed by atoms with Gasteiger partial charge in [-0.2, -0.15) is 0 Å². The number of carbonyl (C=O) groups is 1. The molecule has 1 N–H and O–H groups in total. The fourth-order valence-electron chi connectivity index (χ4n) is 3.49. The molecule has 0 atom stereocenters. The minimum Gasteiger partial charge on any atom is -0.312 e. The number of amides is 1. The molecule has 2 aromatic carbocycles. The average molecular weight is 370 g/mol. The van der Waals surface area contributed by atoms with Crippen molar-refractivity contribution in [2.75, 3.05) is 16.2 Å². The Bertz CT molecular complexity index is 965. The van der Waals surface area contributed by atoms with Crippen molar-refractivity contribution in [1.29, 1.82) is 0 Å². The van der Waals surface area contributed by atoms with Crippen molar-refractivity contribution < 1.29 is 13.2 Å². The van der Waals surface area contributed by atoms with Gasteiger partial charge >= 0.3 is 0 Å². The Labute approximate surface area is 154 Å². The van der Waals surface area contributed by atoms with Crippen LogP contribution in [0.5, 0.6) is 0 Å². The van der Waals surface area contributed by atoms with Crippen molar-refractivity contribution in [3.8, 4) is 0 Å². The molecule has 6 heteroatoms. The summed E-state index contributed by atoms with van der Waals surface area (Å²) in [6.45, 7) is 2.48. The molecule has 0 unspecified atom stereocenters. The van der Waals surface area contributed by atoms with Crippen LogP contribution in [0, 0.1) is 12.8 Å². The van der Waals surface area contributed by atoms with E-state index in [-0.39, 0.29) is 16.7 Å². The first-order chi connectivity index (χ1) is 12.5. The predicted molar refractivity (Wildman–Crippen MR) is 102 cm³/mol.